The summed E-state index contributed by atoms with van der Waals surface area (Å²) in [6.45, 7) is 4.38. The molecule has 0 saturated carbocycles. The maximum absolute atomic E-state index is 9.47. The van der Waals surface area contributed by atoms with Crippen LogP contribution < -0.4 is 0 Å². The zero-order chi connectivity index (χ0) is 10.6. The van der Waals surface area contributed by atoms with E-state index in [1.165, 1.54) is 0 Å². The highest BCUT2D eigenvalue weighted by Gasteiger charge is 2.34. The smallest absolute Gasteiger partial charge is 0.0953 e. The molecule has 14 heavy (non-hydrogen) atoms. The highest BCUT2D eigenvalue weighted by Crippen LogP contribution is 2.17. The van der Waals surface area contributed by atoms with Crippen LogP contribution >= 0.6 is 0 Å². The molecule has 1 fully saturated rings. The number of rotatable bonds is 4. The Labute approximate surface area is 83.2 Å². The summed E-state index contributed by atoms with van der Waals surface area (Å²) in [5.41, 5.74) is 0. The van der Waals surface area contributed by atoms with Crippen molar-refractivity contribution in [3.05, 3.63) is 12.7 Å². The number of aliphatic hydroxyl groups is 3. The lowest BCUT2D eigenvalue weighted by molar-refractivity contribution is -0.217. The minimum absolute atomic E-state index is 0.161. The number of hydrogen-bond donors (Lipinski definition) is 3. The van der Waals surface area contributed by atoms with Crippen LogP contribution in [0.3, 0.4) is 0 Å². The van der Waals surface area contributed by atoms with Gasteiger partial charge in [0.15, 0.2) is 0 Å². The van der Waals surface area contributed by atoms with Crippen LogP contribution in [0.2, 0.25) is 0 Å². The molecule has 1 aliphatic heterocycles. The summed E-state index contributed by atoms with van der Waals surface area (Å²) in [6.07, 6.45) is -0.139. The monoisotopic (exact) mass is 203 g/mol. The lowest BCUT2D eigenvalue weighted by atomic mass is 9.94. The maximum atomic E-state index is 9.47. The molecular formula is C9H17NO4. The molecule has 1 saturated heterocycles. The molecule has 0 aromatic carbocycles. The second-order valence-corrected chi connectivity index (χ2v) is 3.43. The summed E-state index contributed by atoms with van der Waals surface area (Å²) in [6, 6.07) is 0. The highest BCUT2D eigenvalue weighted by molar-refractivity contribution is 4.83. The van der Waals surface area contributed by atoms with Crippen molar-refractivity contribution in [1.82, 2.24) is 5.06 Å². The van der Waals surface area contributed by atoms with Gasteiger partial charge in [0.2, 0.25) is 0 Å². The van der Waals surface area contributed by atoms with E-state index in [0.29, 0.717) is 13.2 Å². The van der Waals surface area contributed by atoms with Crippen LogP contribution in [-0.4, -0.2) is 58.9 Å². The van der Waals surface area contributed by atoms with Crippen molar-refractivity contribution in [2.45, 2.75) is 12.2 Å². The molecule has 0 aromatic rings. The van der Waals surface area contributed by atoms with Gasteiger partial charge in [0.25, 0.3) is 0 Å². The minimum atomic E-state index is -0.872. The van der Waals surface area contributed by atoms with Crippen molar-refractivity contribution in [1.29, 1.82) is 0 Å². The normalized spacial score (nSPS) is 34.4. The summed E-state index contributed by atoms with van der Waals surface area (Å²) in [5.74, 6) is -0.358. The fourth-order valence-electron chi connectivity index (χ4n) is 1.50. The molecule has 3 atom stereocenters. The first-order valence-electron chi connectivity index (χ1n) is 4.64. The van der Waals surface area contributed by atoms with Crippen LogP contribution in [0.4, 0.5) is 0 Å². The van der Waals surface area contributed by atoms with E-state index in [4.69, 9.17) is 9.94 Å². The Morgan fingerprint density at radius 2 is 2.14 bits per heavy atom. The minimum Gasteiger partial charge on any atom is -0.396 e. The largest absolute Gasteiger partial charge is 0.396 e. The Balaban J connectivity index is 2.45. The SMILES string of the molecule is C=CCON1C[C@H](CO)[C@@H](O)[C@H](O)C1. The molecule has 1 aliphatic rings. The Morgan fingerprint density at radius 1 is 1.43 bits per heavy atom. The average molecular weight is 203 g/mol. The summed E-state index contributed by atoms with van der Waals surface area (Å²) < 4.78 is 0. The van der Waals surface area contributed by atoms with Crippen LogP contribution in [0.25, 0.3) is 0 Å². The Hall–Kier alpha value is -0.460. The van der Waals surface area contributed by atoms with E-state index in [1.54, 1.807) is 11.1 Å². The third-order valence-corrected chi connectivity index (χ3v) is 2.32. The quantitative estimate of drug-likeness (QED) is 0.498. The first-order chi connectivity index (χ1) is 6.69. The number of piperidine rings is 1. The van der Waals surface area contributed by atoms with Crippen molar-refractivity contribution in [2.24, 2.45) is 5.92 Å². The molecule has 0 amide bonds. The van der Waals surface area contributed by atoms with Gasteiger partial charge in [-0.1, -0.05) is 6.08 Å². The lowest BCUT2D eigenvalue weighted by Crippen LogP contribution is -2.53. The Morgan fingerprint density at radius 3 is 2.71 bits per heavy atom. The summed E-state index contributed by atoms with van der Waals surface area (Å²) >= 11 is 0. The molecule has 0 radical (unpaired) electrons. The maximum Gasteiger partial charge on any atom is 0.0953 e. The van der Waals surface area contributed by atoms with Gasteiger partial charge in [0.1, 0.15) is 0 Å². The zero-order valence-corrected chi connectivity index (χ0v) is 8.04. The summed E-state index contributed by atoms with van der Waals surface area (Å²) in [7, 11) is 0. The molecule has 82 valence electrons. The van der Waals surface area contributed by atoms with Gasteiger partial charge in [-0.15, -0.1) is 6.58 Å². The lowest BCUT2D eigenvalue weighted by Gasteiger charge is -2.37. The standard InChI is InChI=1S/C9H17NO4/c1-2-3-14-10-4-7(6-11)9(13)8(12)5-10/h2,7-9,11-13H,1,3-6H2/t7-,8-,9-/m1/s1. The van der Waals surface area contributed by atoms with Gasteiger partial charge in [-0.25, -0.2) is 0 Å². The van der Waals surface area contributed by atoms with E-state index < -0.39 is 12.2 Å². The number of nitrogens with zero attached hydrogens (tertiary/aromatic N) is 1. The van der Waals surface area contributed by atoms with Gasteiger partial charge in [0, 0.05) is 19.1 Å². The van der Waals surface area contributed by atoms with Crippen LogP contribution in [0.5, 0.6) is 0 Å². The molecule has 5 heteroatoms. The molecule has 0 bridgehead atoms. The molecule has 1 rings (SSSR count). The number of aliphatic hydroxyl groups excluding tert-OH is 3. The van der Waals surface area contributed by atoms with E-state index in [-0.39, 0.29) is 19.1 Å². The molecule has 0 spiro atoms. The number of hydrogen-bond acceptors (Lipinski definition) is 5. The predicted octanol–water partition coefficient (Wildman–Crippen LogP) is -1.25. The molecule has 0 aliphatic carbocycles. The van der Waals surface area contributed by atoms with Crippen LogP contribution in [0.1, 0.15) is 0 Å². The van der Waals surface area contributed by atoms with Gasteiger partial charge >= 0.3 is 0 Å². The second kappa shape index (κ2) is 5.43. The average Bonchev–Trinajstić information content (AvgIpc) is 2.19. The van der Waals surface area contributed by atoms with Crippen molar-refractivity contribution < 1.29 is 20.2 Å². The molecule has 1 heterocycles. The Bertz CT molecular complexity index is 188. The van der Waals surface area contributed by atoms with E-state index >= 15 is 0 Å². The Kier molecular flexibility index (Phi) is 4.50. The van der Waals surface area contributed by atoms with Gasteiger partial charge in [-0.2, -0.15) is 5.06 Å². The molecule has 5 nitrogen and oxygen atoms in total. The van der Waals surface area contributed by atoms with E-state index in [1.807, 2.05) is 0 Å². The van der Waals surface area contributed by atoms with Crippen molar-refractivity contribution in [3.63, 3.8) is 0 Å². The van der Waals surface area contributed by atoms with E-state index in [2.05, 4.69) is 6.58 Å². The fourth-order valence-corrected chi connectivity index (χ4v) is 1.50. The highest BCUT2D eigenvalue weighted by atomic mass is 16.7. The zero-order valence-electron chi connectivity index (χ0n) is 8.04. The van der Waals surface area contributed by atoms with Crippen LogP contribution in [0, 0.1) is 5.92 Å². The van der Waals surface area contributed by atoms with E-state index in [0.717, 1.165) is 0 Å². The summed E-state index contributed by atoms with van der Waals surface area (Å²) in [4.78, 5) is 5.22. The van der Waals surface area contributed by atoms with E-state index in [9.17, 15) is 10.2 Å². The van der Waals surface area contributed by atoms with Gasteiger partial charge in [-0.05, 0) is 0 Å². The number of β-amino-alcohol motifs (C(OH)–C–C–N with tert-alkyl or cyclic N) is 1. The van der Waals surface area contributed by atoms with Crippen LogP contribution in [-0.2, 0) is 4.84 Å². The summed E-state index contributed by atoms with van der Waals surface area (Å²) in [5, 5.41) is 29.4. The fraction of sp³-hybridized carbons (Fsp3) is 0.778. The van der Waals surface area contributed by atoms with Gasteiger partial charge in [-0.3, -0.25) is 4.84 Å². The van der Waals surface area contributed by atoms with Gasteiger partial charge in [0.05, 0.1) is 25.4 Å². The second-order valence-electron chi connectivity index (χ2n) is 3.43. The number of hydroxylamine groups is 2. The van der Waals surface area contributed by atoms with Gasteiger partial charge < -0.3 is 15.3 Å². The third kappa shape index (κ3) is 2.76. The molecular weight excluding hydrogens is 186 g/mol. The van der Waals surface area contributed by atoms with Crippen LogP contribution in [0.15, 0.2) is 12.7 Å². The topological polar surface area (TPSA) is 73.2 Å². The molecule has 0 unspecified atom stereocenters. The van der Waals surface area contributed by atoms with Crippen molar-refractivity contribution >= 4 is 0 Å². The predicted molar refractivity (Wildman–Crippen MR) is 50.3 cm³/mol. The third-order valence-electron chi connectivity index (χ3n) is 2.32. The first kappa shape index (κ1) is 11.6. The first-order valence-corrected chi connectivity index (χ1v) is 4.64. The molecule has 3 N–H and O–H groups in total. The molecule has 0 aromatic heterocycles. The van der Waals surface area contributed by atoms with Crippen molar-refractivity contribution in [3.8, 4) is 0 Å². The van der Waals surface area contributed by atoms with Crippen molar-refractivity contribution in [2.75, 3.05) is 26.3 Å².